The van der Waals surface area contributed by atoms with Crippen LogP contribution < -0.4 is 11.3 Å². The number of nitrogens with zero attached hydrogens (tertiary/aromatic N) is 1. The molecule has 1 rings (SSSR count). The molecule has 0 unspecified atom stereocenters. The summed E-state index contributed by atoms with van der Waals surface area (Å²) in [6.07, 6.45) is 14.1. The second-order valence-corrected chi connectivity index (χ2v) is 5.18. The molecular weight excluding hydrogens is 210 g/mol. The van der Waals surface area contributed by atoms with E-state index in [2.05, 4.69) is 12.3 Å². The van der Waals surface area contributed by atoms with Crippen LogP contribution in [0, 0.1) is 0 Å². The molecular formula is C14H29N3. The topological polar surface area (TPSA) is 50.4 Å². The van der Waals surface area contributed by atoms with Crippen molar-refractivity contribution >= 4 is 5.84 Å². The summed E-state index contributed by atoms with van der Waals surface area (Å²) in [5.74, 6) is 6.58. The number of amidine groups is 1. The minimum atomic E-state index is 0.523. The molecule has 0 radical (unpaired) electrons. The quantitative estimate of drug-likeness (QED) is 0.186. The lowest BCUT2D eigenvalue weighted by molar-refractivity contribution is 0.578. The molecule has 1 saturated carbocycles. The van der Waals surface area contributed by atoms with Crippen LogP contribution in [0.1, 0.15) is 77.6 Å². The summed E-state index contributed by atoms with van der Waals surface area (Å²) >= 11 is 0. The number of nitrogens with two attached hydrogens (primary N) is 1. The minimum Gasteiger partial charge on any atom is -0.312 e. The Morgan fingerprint density at radius 2 is 1.82 bits per heavy atom. The number of hydrogen-bond acceptors (Lipinski definition) is 2. The molecule has 1 aliphatic rings. The van der Waals surface area contributed by atoms with Crippen molar-refractivity contribution in [1.29, 1.82) is 0 Å². The first kappa shape index (κ1) is 14.5. The molecule has 0 aromatic rings. The van der Waals surface area contributed by atoms with E-state index in [1.54, 1.807) is 0 Å². The maximum Gasteiger partial charge on any atom is 0.111 e. The van der Waals surface area contributed by atoms with Crippen molar-refractivity contribution in [2.45, 2.75) is 83.6 Å². The number of aliphatic imine (C=N–C) groups is 1. The van der Waals surface area contributed by atoms with Crippen LogP contribution in [-0.4, -0.2) is 11.9 Å². The Morgan fingerprint density at radius 1 is 1.12 bits per heavy atom. The van der Waals surface area contributed by atoms with E-state index in [0.29, 0.717) is 6.04 Å². The zero-order valence-corrected chi connectivity index (χ0v) is 11.4. The van der Waals surface area contributed by atoms with Gasteiger partial charge < -0.3 is 5.43 Å². The molecule has 3 nitrogen and oxygen atoms in total. The normalized spacial score (nSPS) is 19.1. The van der Waals surface area contributed by atoms with E-state index in [1.807, 2.05) is 0 Å². The highest BCUT2D eigenvalue weighted by Crippen LogP contribution is 2.20. The summed E-state index contributed by atoms with van der Waals surface area (Å²) in [7, 11) is 0. The molecule has 0 aromatic heterocycles. The average molecular weight is 239 g/mol. The van der Waals surface area contributed by atoms with E-state index in [4.69, 9.17) is 10.8 Å². The van der Waals surface area contributed by atoms with Crippen molar-refractivity contribution in [2.75, 3.05) is 0 Å². The Hall–Kier alpha value is -0.570. The summed E-state index contributed by atoms with van der Waals surface area (Å²) in [5, 5.41) is 0. The minimum absolute atomic E-state index is 0.523. The first-order valence-electron chi connectivity index (χ1n) is 7.40. The molecule has 1 aliphatic carbocycles. The third-order valence-corrected chi connectivity index (χ3v) is 3.60. The lowest BCUT2D eigenvalue weighted by Gasteiger charge is -2.12. The first-order chi connectivity index (χ1) is 8.36. The molecule has 0 spiro atoms. The fraction of sp³-hybridized carbons (Fsp3) is 0.929. The lowest BCUT2D eigenvalue weighted by Crippen LogP contribution is -2.31. The van der Waals surface area contributed by atoms with Crippen molar-refractivity contribution in [3.05, 3.63) is 0 Å². The van der Waals surface area contributed by atoms with Gasteiger partial charge >= 0.3 is 0 Å². The Bertz CT molecular complexity index is 206. The van der Waals surface area contributed by atoms with Gasteiger partial charge in [0.15, 0.2) is 0 Å². The Kier molecular flexibility index (Phi) is 8.06. The van der Waals surface area contributed by atoms with Crippen LogP contribution in [-0.2, 0) is 0 Å². The van der Waals surface area contributed by atoms with E-state index in [9.17, 15) is 0 Å². The van der Waals surface area contributed by atoms with Crippen LogP contribution in [0.4, 0.5) is 0 Å². The maximum atomic E-state index is 5.56. The second-order valence-electron chi connectivity index (χ2n) is 5.18. The number of rotatable bonds is 6. The molecule has 0 saturated heterocycles. The number of hydrogen-bond donors (Lipinski definition) is 2. The molecule has 0 bridgehead atoms. The van der Waals surface area contributed by atoms with Crippen LogP contribution in [0.25, 0.3) is 0 Å². The summed E-state index contributed by atoms with van der Waals surface area (Å²) < 4.78 is 0. The van der Waals surface area contributed by atoms with Gasteiger partial charge in [0.1, 0.15) is 5.84 Å². The lowest BCUT2D eigenvalue weighted by atomic mass is 10.1. The van der Waals surface area contributed by atoms with Crippen molar-refractivity contribution in [3.8, 4) is 0 Å². The van der Waals surface area contributed by atoms with E-state index < -0.39 is 0 Å². The zero-order chi connectivity index (χ0) is 12.3. The molecule has 3 N–H and O–H groups in total. The molecule has 1 fully saturated rings. The van der Waals surface area contributed by atoms with Crippen molar-refractivity contribution in [2.24, 2.45) is 10.8 Å². The van der Waals surface area contributed by atoms with E-state index in [-0.39, 0.29) is 0 Å². The SMILES string of the molecule is CCCCCCC(=NC1CCCCCC1)NN. The Labute approximate surface area is 106 Å². The van der Waals surface area contributed by atoms with Crippen LogP contribution in [0.3, 0.4) is 0 Å². The highest BCUT2D eigenvalue weighted by molar-refractivity contribution is 5.81. The monoisotopic (exact) mass is 239 g/mol. The van der Waals surface area contributed by atoms with Gasteiger partial charge in [-0.05, 0) is 19.3 Å². The Morgan fingerprint density at radius 3 is 2.41 bits per heavy atom. The average Bonchev–Trinajstić information content (AvgIpc) is 2.61. The maximum absolute atomic E-state index is 5.56. The van der Waals surface area contributed by atoms with Gasteiger partial charge in [-0.1, -0.05) is 51.9 Å². The fourth-order valence-corrected chi connectivity index (χ4v) is 2.50. The van der Waals surface area contributed by atoms with Crippen molar-refractivity contribution in [1.82, 2.24) is 5.43 Å². The molecule has 100 valence electrons. The van der Waals surface area contributed by atoms with E-state index >= 15 is 0 Å². The molecule has 17 heavy (non-hydrogen) atoms. The predicted octanol–water partition coefficient (Wildman–Crippen LogP) is 3.54. The molecule has 0 aromatic carbocycles. The molecule has 0 aliphatic heterocycles. The van der Waals surface area contributed by atoms with Crippen LogP contribution in [0.5, 0.6) is 0 Å². The predicted molar refractivity (Wildman–Crippen MR) is 75.0 cm³/mol. The number of hydrazine groups is 1. The van der Waals surface area contributed by atoms with Gasteiger partial charge in [-0.3, -0.25) is 4.99 Å². The van der Waals surface area contributed by atoms with Gasteiger partial charge in [0.2, 0.25) is 0 Å². The van der Waals surface area contributed by atoms with E-state index in [1.165, 1.54) is 64.2 Å². The van der Waals surface area contributed by atoms with Crippen molar-refractivity contribution in [3.63, 3.8) is 0 Å². The summed E-state index contributed by atoms with van der Waals surface area (Å²) in [6, 6.07) is 0.523. The van der Waals surface area contributed by atoms with Gasteiger partial charge in [0.05, 0.1) is 6.04 Å². The second kappa shape index (κ2) is 9.46. The summed E-state index contributed by atoms with van der Waals surface area (Å²) in [5.41, 5.74) is 2.80. The van der Waals surface area contributed by atoms with Crippen LogP contribution in [0.15, 0.2) is 4.99 Å². The van der Waals surface area contributed by atoms with Gasteiger partial charge in [0.25, 0.3) is 0 Å². The summed E-state index contributed by atoms with van der Waals surface area (Å²) in [4.78, 5) is 4.79. The number of nitrogens with one attached hydrogen (secondary N) is 1. The zero-order valence-electron chi connectivity index (χ0n) is 11.4. The largest absolute Gasteiger partial charge is 0.312 e. The Balaban J connectivity index is 2.30. The fourth-order valence-electron chi connectivity index (χ4n) is 2.50. The molecule has 0 amide bonds. The van der Waals surface area contributed by atoms with Crippen LogP contribution in [0.2, 0.25) is 0 Å². The van der Waals surface area contributed by atoms with Gasteiger partial charge in [-0.15, -0.1) is 0 Å². The molecule has 0 atom stereocenters. The number of unbranched alkanes of at least 4 members (excludes halogenated alkanes) is 3. The standard InChI is InChI=1S/C14H29N3/c1-2-3-4-9-12-14(17-15)16-13-10-7-5-6-8-11-13/h13H,2-12,15H2,1H3,(H,16,17). The summed E-state index contributed by atoms with van der Waals surface area (Å²) in [6.45, 7) is 2.24. The highest BCUT2D eigenvalue weighted by atomic mass is 15.3. The molecule has 0 heterocycles. The first-order valence-corrected chi connectivity index (χ1v) is 7.40. The molecule has 3 heteroatoms. The van der Waals surface area contributed by atoms with Crippen LogP contribution >= 0.6 is 0 Å². The van der Waals surface area contributed by atoms with Crippen molar-refractivity contribution < 1.29 is 0 Å². The smallest absolute Gasteiger partial charge is 0.111 e. The van der Waals surface area contributed by atoms with Gasteiger partial charge in [-0.2, -0.15) is 0 Å². The van der Waals surface area contributed by atoms with Gasteiger partial charge in [-0.25, -0.2) is 5.84 Å². The third kappa shape index (κ3) is 6.67. The van der Waals surface area contributed by atoms with E-state index in [0.717, 1.165) is 12.3 Å². The van der Waals surface area contributed by atoms with Gasteiger partial charge in [0, 0.05) is 6.42 Å². The third-order valence-electron chi connectivity index (χ3n) is 3.60. The highest BCUT2D eigenvalue weighted by Gasteiger charge is 2.11.